The fourth-order valence-corrected chi connectivity index (χ4v) is 1.34. The van der Waals surface area contributed by atoms with Gasteiger partial charge in [0.05, 0.1) is 18.2 Å². The summed E-state index contributed by atoms with van der Waals surface area (Å²) in [5.41, 5.74) is 0.953. The van der Waals surface area contributed by atoms with Gasteiger partial charge in [0.15, 0.2) is 5.69 Å². The number of halogens is 1. The molecule has 0 aliphatic heterocycles. The summed E-state index contributed by atoms with van der Waals surface area (Å²) in [6.07, 6.45) is 1.54. The maximum atomic E-state index is 11.3. The van der Waals surface area contributed by atoms with E-state index in [1.807, 2.05) is 0 Å². The molecule has 0 saturated heterocycles. The molecule has 1 aromatic heterocycles. The molecule has 0 atom stereocenters. The molecule has 82 valence electrons. The number of rotatable bonds is 4. The molecule has 0 N–H and O–H groups in total. The molecule has 0 saturated carbocycles. The van der Waals surface area contributed by atoms with Crippen molar-refractivity contribution in [1.82, 2.24) is 4.98 Å². The van der Waals surface area contributed by atoms with Gasteiger partial charge in [-0.2, -0.15) is 0 Å². The lowest BCUT2D eigenvalue weighted by Crippen LogP contribution is -2.08. The average molecular weight is 230 g/mol. The third-order valence-electron chi connectivity index (χ3n) is 1.68. The van der Waals surface area contributed by atoms with Crippen LogP contribution in [0.1, 0.15) is 23.0 Å². The molecule has 1 aromatic rings. The van der Waals surface area contributed by atoms with E-state index in [4.69, 9.17) is 21.1 Å². The van der Waals surface area contributed by atoms with Crippen molar-refractivity contribution in [3.63, 3.8) is 0 Å². The standard InChI is InChI=1S/C10H12ClNO3/c1-3-15-10(13)9-8(11)4-7(5-12-9)6-14-2/h4-5H,3,6H2,1-2H3. The lowest BCUT2D eigenvalue weighted by molar-refractivity contribution is 0.0519. The largest absolute Gasteiger partial charge is 0.461 e. The fourth-order valence-electron chi connectivity index (χ4n) is 1.07. The SMILES string of the molecule is CCOC(=O)c1ncc(COC)cc1Cl. The van der Waals surface area contributed by atoms with Crippen LogP contribution >= 0.6 is 11.6 Å². The smallest absolute Gasteiger partial charge is 0.358 e. The summed E-state index contributed by atoms with van der Waals surface area (Å²) in [5.74, 6) is -0.508. The van der Waals surface area contributed by atoms with E-state index in [1.54, 1.807) is 26.3 Å². The first kappa shape index (κ1) is 11.9. The Bertz CT molecular complexity index is 355. The van der Waals surface area contributed by atoms with E-state index >= 15 is 0 Å². The van der Waals surface area contributed by atoms with E-state index in [1.165, 1.54) is 0 Å². The Morgan fingerprint density at radius 2 is 2.33 bits per heavy atom. The van der Waals surface area contributed by atoms with Crippen LogP contribution in [0.4, 0.5) is 0 Å². The highest BCUT2D eigenvalue weighted by Gasteiger charge is 2.13. The number of ether oxygens (including phenoxy) is 2. The highest BCUT2D eigenvalue weighted by molar-refractivity contribution is 6.33. The van der Waals surface area contributed by atoms with Gasteiger partial charge < -0.3 is 9.47 Å². The Hall–Kier alpha value is -1.13. The Morgan fingerprint density at radius 1 is 1.60 bits per heavy atom. The molecule has 4 nitrogen and oxygen atoms in total. The van der Waals surface area contributed by atoms with E-state index in [-0.39, 0.29) is 10.7 Å². The molecule has 0 bridgehead atoms. The highest BCUT2D eigenvalue weighted by Crippen LogP contribution is 2.16. The van der Waals surface area contributed by atoms with Crippen LogP contribution in [-0.4, -0.2) is 24.7 Å². The second kappa shape index (κ2) is 5.68. The maximum absolute atomic E-state index is 11.3. The van der Waals surface area contributed by atoms with E-state index in [2.05, 4.69) is 4.98 Å². The average Bonchev–Trinajstić information content (AvgIpc) is 2.18. The summed E-state index contributed by atoms with van der Waals surface area (Å²) in [6.45, 7) is 2.44. The quantitative estimate of drug-likeness (QED) is 0.742. The molecule has 0 unspecified atom stereocenters. The van der Waals surface area contributed by atoms with E-state index in [0.717, 1.165) is 5.56 Å². The van der Waals surface area contributed by atoms with Gasteiger partial charge in [-0.15, -0.1) is 0 Å². The number of esters is 1. The molecule has 0 radical (unpaired) electrons. The van der Waals surface area contributed by atoms with Crippen LogP contribution in [0.15, 0.2) is 12.3 Å². The third-order valence-corrected chi connectivity index (χ3v) is 1.97. The van der Waals surface area contributed by atoms with E-state index < -0.39 is 5.97 Å². The summed E-state index contributed by atoms with van der Waals surface area (Å²) in [7, 11) is 1.58. The van der Waals surface area contributed by atoms with Crippen molar-refractivity contribution in [2.24, 2.45) is 0 Å². The molecule has 0 aliphatic carbocycles. The van der Waals surface area contributed by atoms with E-state index in [0.29, 0.717) is 13.2 Å². The summed E-state index contributed by atoms with van der Waals surface area (Å²) < 4.78 is 9.71. The number of nitrogens with zero attached hydrogens (tertiary/aromatic N) is 1. The first-order valence-corrected chi connectivity index (χ1v) is 4.87. The molecule has 0 aliphatic rings. The van der Waals surface area contributed by atoms with Gasteiger partial charge in [-0.3, -0.25) is 0 Å². The number of methoxy groups -OCH3 is 1. The zero-order chi connectivity index (χ0) is 11.3. The number of carbonyl (C=O) groups is 1. The fraction of sp³-hybridized carbons (Fsp3) is 0.400. The minimum absolute atomic E-state index is 0.137. The molecule has 0 spiro atoms. The molecule has 0 amide bonds. The summed E-state index contributed by atoms with van der Waals surface area (Å²) in [4.78, 5) is 15.3. The number of aromatic nitrogens is 1. The monoisotopic (exact) mass is 229 g/mol. The first-order chi connectivity index (χ1) is 7.19. The van der Waals surface area contributed by atoms with Gasteiger partial charge in [-0.05, 0) is 18.6 Å². The lowest BCUT2D eigenvalue weighted by Gasteiger charge is -2.04. The zero-order valence-corrected chi connectivity index (χ0v) is 9.37. The lowest BCUT2D eigenvalue weighted by atomic mass is 10.2. The van der Waals surface area contributed by atoms with Crippen molar-refractivity contribution in [2.75, 3.05) is 13.7 Å². The second-order valence-corrected chi connectivity index (χ2v) is 3.23. The molecule has 5 heteroatoms. The van der Waals surface area contributed by atoms with Gasteiger partial charge in [0.2, 0.25) is 0 Å². The molecule has 1 heterocycles. The van der Waals surface area contributed by atoms with Crippen molar-refractivity contribution in [2.45, 2.75) is 13.5 Å². The minimum Gasteiger partial charge on any atom is -0.461 e. The molecule has 1 rings (SSSR count). The number of carbonyl (C=O) groups excluding carboxylic acids is 1. The van der Waals surface area contributed by atoms with Gasteiger partial charge >= 0.3 is 5.97 Å². The van der Waals surface area contributed by atoms with Crippen LogP contribution in [-0.2, 0) is 16.1 Å². The minimum atomic E-state index is -0.508. The van der Waals surface area contributed by atoms with Crippen molar-refractivity contribution < 1.29 is 14.3 Å². The summed E-state index contributed by atoms with van der Waals surface area (Å²) in [5, 5.41) is 0.281. The normalized spacial score (nSPS) is 10.1. The van der Waals surface area contributed by atoms with Crippen LogP contribution in [0.2, 0.25) is 5.02 Å². The van der Waals surface area contributed by atoms with Crippen molar-refractivity contribution in [3.05, 3.63) is 28.5 Å². The van der Waals surface area contributed by atoms with Crippen molar-refractivity contribution in [1.29, 1.82) is 0 Å². The van der Waals surface area contributed by atoms with Gasteiger partial charge in [0.1, 0.15) is 0 Å². The highest BCUT2D eigenvalue weighted by atomic mass is 35.5. The zero-order valence-electron chi connectivity index (χ0n) is 8.62. The van der Waals surface area contributed by atoms with Crippen LogP contribution in [0.25, 0.3) is 0 Å². The van der Waals surface area contributed by atoms with Gasteiger partial charge in [-0.1, -0.05) is 11.6 Å². The Labute approximate surface area is 93.2 Å². The van der Waals surface area contributed by atoms with Crippen LogP contribution < -0.4 is 0 Å². The Morgan fingerprint density at radius 3 is 2.87 bits per heavy atom. The molecule has 0 fully saturated rings. The van der Waals surface area contributed by atoms with Crippen molar-refractivity contribution in [3.8, 4) is 0 Å². The predicted molar refractivity (Wildman–Crippen MR) is 55.9 cm³/mol. The molecular formula is C10H12ClNO3. The predicted octanol–water partition coefficient (Wildman–Crippen LogP) is 2.06. The first-order valence-electron chi connectivity index (χ1n) is 4.49. The Kier molecular flexibility index (Phi) is 4.52. The topological polar surface area (TPSA) is 48.4 Å². The summed E-state index contributed by atoms with van der Waals surface area (Å²) in [6, 6.07) is 1.64. The van der Waals surface area contributed by atoms with Crippen molar-refractivity contribution >= 4 is 17.6 Å². The van der Waals surface area contributed by atoms with Gasteiger partial charge in [0, 0.05) is 13.3 Å². The second-order valence-electron chi connectivity index (χ2n) is 2.83. The number of pyridine rings is 1. The van der Waals surface area contributed by atoms with Crippen LogP contribution in [0.5, 0.6) is 0 Å². The van der Waals surface area contributed by atoms with Crippen LogP contribution in [0.3, 0.4) is 0 Å². The molecular weight excluding hydrogens is 218 g/mol. The Balaban J connectivity index is 2.87. The maximum Gasteiger partial charge on any atom is 0.358 e. The van der Waals surface area contributed by atoms with Gasteiger partial charge in [-0.25, -0.2) is 9.78 Å². The summed E-state index contributed by atoms with van der Waals surface area (Å²) >= 11 is 5.88. The van der Waals surface area contributed by atoms with Crippen LogP contribution in [0, 0.1) is 0 Å². The number of hydrogen-bond donors (Lipinski definition) is 0. The number of hydrogen-bond acceptors (Lipinski definition) is 4. The third kappa shape index (κ3) is 3.18. The van der Waals surface area contributed by atoms with E-state index in [9.17, 15) is 4.79 Å². The van der Waals surface area contributed by atoms with Gasteiger partial charge in [0.25, 0.3) is 0 Å². The molecule has 0 aromatic carbocycles. The molecule has 15 heavy (non-hydrogen) atoms.